The van der Waals surface area contributed by atoms with Crippen LogP contribution in [0.4, 0.5) is 0 Å². The van der Waals surface area contributed by atoms with E-state index in [1.807, 2.05) is 0 Å². The molecule has 1 aliphatic heterocycles. The van der Waals surface area contributed by atoms with Crippen molar-refractivity contribution in [1.29, 1.82) is 0 Å². The zero-order valence-electron chi connectivity index (χ0n) is 13.7. The van der Waals surface area contributed by atoms with Crippen LogP contribution in [0.5, 0.6) is 0 Å². The van der Waals surface area contributed by atoms with Crippen molar-refractivity contribution in [3.05, 3.63) is 0 Å². The van der Waals surface area contributed by atoms with E-state index in [0.29, 0.717) is 0 Å². The molecule has 0 aromatic carbocycles. The molecule has 0 N–H and O–H groups in total. The lowest BCUT2D eigenvalue weighted by Crippen LogP contribution is -2.61. The summed E-state index contributed by atoms with van der Waals surface area (Å²) in [5.74, 6) is -2.57. The van der Waals surface area contributed by atoms with E-state index in [0.717, 1.165) is 20.8 Å². The molecule has 0 aromatic rings. The van der Waals surface area contributed by atoms with Crippen molar-refractivity contribution in [2.24, 2.45) is 0 Å². The van der Waals surface area contributed by atoms with Crippen molar-refractivity contribution in [3.8, 4) is 0 Å². The van der Waals surface area contributed by atoms with Gasteiger partial charge in [-0.1, -0.05) is 0 Å². The van der Waals surface area contributed by atoms with Crippen molar-refractivity contribution in [3.63, 3.8) is 0 Å². The van der Waals surface area contributed by atoms with Gasteiger partial charge in [-0.2, -0.15) is 0 Å². The van der Waals surface area contributed by atoms with Crippen LogP contribution in [0.15, 0.2) is 0 Å². The van der Waals surface area contributed by atoms with Gasteiger partial charge in [-0.25, -0.2) is 0 Å². The Morgan fingerprint density at radius 2 is 1.25 bits per heavy atom. The lowest BCUT2D eigenvalue weighted by atomic mass is 9.99. The van der Waals surface area contributed by atoms with Crippen LogP contribution >= 0.6 is 12.6 Å². The van der Waals surface area contributed by atoms with Crippen molar-refractivity contribution in [1.82, 2.24) is 0 Å². The summed E-state index contributed by atoms with van der Waals surface area (Å²) in [6.45, 7) is 4.42. The maximum absolute atomic E-state index is 11.4. The van der Waals surface area contributed by atoms with Gasteiger partial charge in [0.15, 0.2) is 18.3 Å². The van der Waals surface area contributed by atoms with Crippen LogP contribution in [0.3, 0.4) is 0 Å². The second-order valence-electron chi connectivity index (χ2n) is 5.09. The van der Waals surface area contributed by atoms with Gasteiger partial charge in [0.2, 0.25) is 0 Å². The van der Waals surface area contributed by atoms with Crippen LogP contribution < -0.4 is 0 Å². The van der Waals surface area contributed by atoms with Gasteiger partial charge >= 0.3 is 23.9 Å². The molecule has 1 heterocycles. The maximum atomic E-state index is 11.4. The van der Waals surface area contributed by atoms with Crippen molar-refractivity contribution < 1.29 is 42.9 Å². The minimum absolute atomic E-state index is 0.255. The Bertz CT molecular complexity index is 506. The Balaban J connectivity index is 3.11. The second kappa shape index (κ2) is 8.88. The summed E-state index contributed by atoms with van der Waals surface area (Å²) in [6, 6.07) is 0. The van der Waals surface area contributed by atoms with Gasteiger partial charge in [-0.3, -0.25) is 19.2 Å². The molecule has 10 heteroatoms. The molecule has 0 radical (unpaired) electrons. The Morgan fingerprint density at radius 3 is 1.71 bits per heavy atom. The van der Waals surface area contributed by atoms with E-state index in [2.05, 4.69) is 12.6 Å². The predicted molar refractivity (Wildman–Crippen MR) is 80.9 cm³/mol. The number of thiol groups is 1. The molecule has 0 saturated carbocycles. The van der Waals surface area contributed by atoms with Crippen LogP contribution in [0.2, 0.25) is 0 Å². The Hall–Kier alpha value is -1.81. The maximum Gasteiger partial charge on any atom is 0.303 e. The molecule has 136 valence electrons. The molecule has 0 aliphatic carbocycles. The standard InChI is InChI=1S/C14H20O9S/c1-6(15)19-5-10-11(20-7(2)16)12(21-8(3)17)13(14(24)23-10)22-9(4)18/h10-14,24H,5H2,1-4H3/t10-,11+,12-,13+,14-/m0/s1. The van der Waals surface area contributed by atoms with E-state index in [1.54, 1.807) is 0 Å². The summed E-state index contributed by atoms with van der Waals surface area (Å²) in [7, 11) is 0. The molecule has 1 fully saturated rings. The summed E-state index contributed by atoms with van der Waals surface area (Å²) < 4.78 is 25.8. The fourth-order valence-corrected chi connectivity index (χ4v) is 2.59. The van der Waals surface area contributed by atoms with Gasteiger partial charge in [0.1, 0.15) is 18.1 Å². The largest absolute Gasteiger partial charge is 0.463 e. The molecular weight excluding hydrogens is 344 g/mol. The van der Waals surface area contributed by atoms with Gasteiger partial charge in [-0.15, -0.1) is 12.6 Å². The lowest BCUT2D eigenvalue weighted by Gasteiger charge is -2.42. The fourth-order valence-electron chi connectivity index (χ4n) is 2.21. The summed E-state index contributed by atoms with van der Waals surface area (Å²) >= 11 is 4.18. The first-order valence-corrected chi connectivity index (χ1v) is 7.62. The summed E-state index contributed by atoms with van der Waals surface area (Å²) in [4.78, 5) is 45.1. The van der Waals surface area contributed by atoms with E-state index in [9.17, 15) is 19.2 Å². The Morgan fingerprint density at radius 1 is 0.792 bits per heavy atom. The molecule has 0 amide bonds. The number of carbonyl (C=O) groups is 4. The van der Waals surface area contributed by atoms with Crippen molar-refractivity contribution >= 4 is 36.5 Å². The first-order valence-electron chi connectivity index (χ1n) is 7.10. The first-order chi connectivity index (χ1) is 11.1. The quantitative estimate of drug-likeness (QED) is 0.409. The van der Waals surface area contributed by atoms with E-state index in [4.69, 9.17) is 23.7 Å². The average molecular weight is 364 g/mol. The van der Waals surface area contributed by atoms with Crippen LogP contribution in [0, 0.1) is 0 Å². The van der Waals surface area contributed by atoms with E-state index >= 15 is 0 Å². The second-order valence-corrected chi connectivity index (χ2v) is 5.60. The molecule has 24 heavy (non-hydrogen) atoms. The smallest absolute Gasteiger partial charge is 0.303 e. The van der Waals surface area contributed by atoms with Crippen LogP contribution in [-0.4, -0.2) is 60.3 Å². The van der Waals surface area contributed by atoms with E-state index in [1.165, 1.54) is 6.92 Å². The molecule has 0 unspecified atom stereocenters. The lowest BCUT2D eigenvalue weighted by molar-refractivity contribution is -0.237. The molecule has 5 atom stereocenters. The third kappa shape index (κ3) is 6.00. The molecule has 0 spiro atoms. The molecule has 1 saturated heterocycles. The number of esters is 4. The number of rotatable bonds is 5. The monoisotopic (exact) mass is 364 g/mol. The van der Waals surface area contributed by atoms with Gasteiger partial charge in [0.05, 0.1) is 0 Å². The zero-order chi connectivity index (χ0) is 18.4. The summed E-state index contributed by atoms with van der Waals surface area (Å²) in [6.07, 6.45) is -4.35. The van der Waals surface area contributed by atoms with E-state index in [-0.39, 0.29) is 6.61 Å². The van der Waals surface area contributed by atoms with Crippen molar-refractivity contribution in [2.75, 3.05) is 6.61 Å². The van der Waals surface area contributed by atoms with Gasteiger partial charge in [0, 0.05) is 27.7 Å². The minimum Gasteiger partial charge on any atom is -0.463 e. The number of hydrogen-bond donors (Lipinski definition) is 1. The highest BCUT2D eigenvalue weighted by Gasteiger charge is 2.51. The average Bonchev–Trinajstić information content (AvgIpc) is 2.42. The zero-order valence-corrected chi connectivity index (χ0v) is 14.6. The summed E-state index contributed by atoms with van der Waals surface area (Å²) in [5, 5.41) is 0. The Labute approximate surface area is 144 Å². The van der Waals surface area contributed by atoms with Gasteiger partial charge < -0.3 is 23.7 Å². The molecular formula is C14H20O9S. The third-order valence-electron chi connectivity index (χ3n) is 2.97. The highest BCUT2D eigenvalue weighted by molar-refractivity contribution is 7.80. The van der Waals surface area contributed by atoms with Gasteiger partial charge in [0.25, 0.3) is 0 Å². The van der Waals surface area contributed by atoms with Crippen LogP contribution in [0.1, 0.15) is 27.7 Å². The predicted octanol–water partition coefficient (Wildman–Crippen LogP) is -0.000700. The molecule has 1 rings (SSSR count). The summed E-state index contributed by atoms with van der Waals surface area (Å²) in [5.41, 5.74) is -0.981. The van der Waals surface area contributed by atoms with Crippen LogP contribution in [-0.2, 0) is 42.9 Å². The number of hydrogen-bond acceptors (Lipinski definition) is 10. The topological polar surface area (TPSA) is 114 Å². The Kier molecular flexibility index (Phi) is 7.49. The molecule has 0 bridgehead atoms. The minimum atomic E-state index is -1.16. The SMILES string of the molecule is CC(=O)OC[C@@H]1O[C@@H](S)[C@H](OC(C)=O)[C@@H](OC(C)=O)[C@@H]1OC(C)=O. The molecule has 0 aromatic heterocycles. The molecule has 9 nitrogen and oxygen atoms in total. The van der Waals surface area contributed by atoms with Crippen LogP contribution in [0.25, 0.3) is 0 Å². The third-order valence-corrected chi connectivity index (χ3v) is 3.38. The first kappa shape index (κ1) is 20.2. The van der Waals surface area contributed by atoms with Crippen molar-refractivity contribution in [2.45, 2.75) is 57.5 Å². The van der Waals surface area contributed by atoms with E-state index < -0.39 is 53.7 Å². The van der Waals surface area contributed by atoms with Gasteiger partial charge in [-0.05, 0) is 0 Å². The highest BCUT2D eigenvalue weighted by atomic mass is 32.1. The number of ether oxygens (including phenoxy) is 5. The normalized spacial score (nSPS) is 29.3. The fraction of sp³-hybridized carbons (Fsp3) is 0.714. The number of carbonyl (C=O) groups excluding carboxylic acids is 4. The highest BCUT2D eigenvalue weighted by Crippen LogP contribution is 2.30. The molecule has 1 aliphatic rings.